The molecule has 9 rings (SSSR count). The molecule has 0 aromatic heterocycles. The van der Waals surface area contributed by atoms with Crippen LogP contribution in [0.4, 0.5) is 0 Å². The first-order valence-corrected chi connectivity index (χ1v) is 26.6. The average Bonchev–Trinajstić information content (AvgIpc) is 3.82. The zero-order valence-corrected chi connectivity index (χ0v) is 42.8. The van der Waals surface area contributed by atoms with Crippen molar-refractivity contribution in [1.29, 1.82) is 0 Å². The van der Waals surface area contributed by atoms with E-state index in [0.29, 0.717) is 30.8 Å². The highest BCUT2D eigenvalue weighted by Gasteiger charge is 2.70. The first kappa shape index (κ1) is 56.6. The maximum atomic E-state index is 11.7. The van der Waals surface area contributed by atoms with Gasteiger partial charge in [0, 0.05) is 25.9 Å². The molecule has 0 aromatic carbocycles. The maximum absolute atomic E-state index is 11.7. The standard InChI is InChI=1S/C51H84O22/c1-20(18-65-45-41(62)39(60)37(58)31(17-52)69-45)10-13-51(64-7)21(2)33-30(73-51)16-28-26-9-8-24-14-25(53)15-32(50(24,6)27(26)11-12-49(28,33)5)70-48-44(72-47-42(63)38(59)34(55)22(3)67-47)43(35(56)23(4)68-48)71-46-40(61)36(57)29(54)19-66-46/h21-48,52-63H,1,8-19H2,2-7H3. The predicted octanol–water partition coefficient (Wildman–Crippen LogP) is -1.72. The molecule has 12 N–H and O–H groups in total. The summed E-state index contributed by atoms with van der Waals surface area (Å²) in [6.45, 7) is 13.2. The lowest BCUT2D eigenvalue weighted by atomic mass is 9.43. The molecule has 5 aliphatic heterocycles. The number of hydrogen-bond donors (Lipinski definition) is 12. The number of aliphatic hydroxyl groups is 12. The number of rotatable bonds is 14. The molecule has 31 unspecified atom stereocenters. The molecular formula is C51H84O22. The van der Waals surface area contributed by atoms with Crippen molar-refractivity contribution >= 4 is 0 Å². The van der Waals surface area contributed by atoms with Crippen LogP contribution >= 0.6 is 0 Å². The molecule has 22 nitrogen and oxygen atoms in total. The molecule has 5 heterocycles. The highest BCUT2D eigenvalue weighted by molar-refractivity contribution is 5.17. The summed E-state index contributed by atoms with van der Waals surface area (Å²) < 4.78 is 62.4. The van der Waals surface area contributed by atoms with E-state index < -0.39 is 147 Å². The zero-order valence-electron chi connectivity index (χ0n) is 42.8. The van der Waals surface area contributed by atoms with Crippen LogP contribution in [0.1, 0.15) is 92.4 Å². The van der Waals surface area contributed by atoms with E-state index in [9.17, 15) is 61.3 Å². The zero-order chi connectivity index (χ0) is 52.8. The minimum Gasteiger partial charge on any atom is -0.394 e. The van der Waals surface area contributed by atoms with Crippen LogP contribution in [0.15, 0.2) is 12.2 Å². The SMILES string of the molecule is C=C(CCC1(OC)OC2CC3C4CCC5CC(O)CC(OC6OC(C)C(O)C(OC7OCC(O)C(O)C7O)C6OC6OC(C)C(O)C(O)C6O)C5(C)C4CCC3(C)C2C1C)COC1OC(CO)C(O)C(O)C1O. The van der Waals surface area contributed by atoms with E-state index in [1.54, 1.807) is 14.0 Å². The van der Waals surface area contributed by atoms with Crippen LogP contribution in [0.2, 0.25) is 0 Å². The largest absolute Gasteiger partial charge is 0.394 e. The lowest BCUT2D eigenvalue weighted by Crippen LogP contribution is -2.67. The molecule has 9 fully saturated rings. The number of ether oxygens (including phenoxy) is 10. The van der Waals surface area contributed by atoms with Crippen LogP contribution in [0.25, 0.3) is 0 Å². The summed E-state index contributed by atoms with van der Waals surface area (Å²) in [4.78, 5) is 0. The van der Waals surface area contributed by atoms with E-state index >= 15 is 0 Å². The third kappa shape index (κ3) is 9.94. The number of hydrogen-bond acceptors (Lipinski definition) is 22. The van der Waals surface area contributed by atoms with Crippen LogP contribution in [0.3, 0.4) is 0 Å². The van der Waals surface area contributed by atoms with Crippen molar-refractivity contribution < 1.29 is 109 Å². The van der Waals surface area contributed by atoms with Crippen molar-refractivity contribution in [2.75, 3.05) is 26.9 Å². The molecule has 0 aromatic rings. The molecule has 4 saturated carbocycles. The van der Waals surface area contributed by atoms with Crippen molar-refractivity contribution in [3.05, 3.63) is 12.2 Å². The van der Waals surface area contributed by atoms with Gasteiger partial charge in [0.2, 0.25) is 0 Å². The molecule has 420 valence electrons. The van der Waals surface area contributed by atoms with Gasteiger partial charge in [-0.1, -0.05) is 32.9 Å². The Kier molecular flexibility index (Phi) is 16.9. The van der Waals surface area contributed by atoms with Gasteiger partial charge in [0.15, 0.2) is 30.9 Å². The predicted molar refractivity (Wildman–Crippen MR) is 249 cm³/mol. The Bertz CT molecular complexity index is 1880. The fourth-order valence-electron chi connectivity index (χ4n) is 15.5. The number of fused-ring (bicyclic) bond motifs is 7. The highest BCUT2D eigenvalue weighted by atomic mass is 16.8. The Morgan fingerprint density at radius 2 is 1.32 bits per heavy atom. The fourth-order valence-corrected chi connectivity index (χ4v) is 15.5. The number of methoxy groups -OCH3 is 1. The fraction of sp³-hybridized carbons (Fsp3) is 0.961. The van der Waals surface area contributed by atoms with Gasteiger partial charge in [0.05, 0.1) is 50.3 Å². The molecule has 0 amide bonds. The molecule has 0 bridgehead atoms. The lowest BCUT2D eigenvalue weighted by molar-refractivity contribution is -0.393. The van der Waals surface area contributed by atoms with Crippen LogP contribution in [-0.4, -0.2) is 229 Å². The van der Waals surface area contributed by atoms with Crippen molar-refractivity contribution in [2.45, 2.75) is 233 Å². The summed E-state index contributed by atoms with van der Waals surface area (Å²) >= 11 is 0. The Balaban J connectivity index is 0.919. The minimum atomic E-state index is -1.76. The van der Waals surface area contributed by atoms with E-state index in [2.05, 4.69) is 27.4 Å². The van der Waals surface area contributed by atoms with Gasteiger partial charge < -0.3 is 109 Å². The van der Waals surface area contributed by atoms with E-state index in [4.69, 9.17) is 47.4 Å². The second-order valence-corrected chi connectivity index (χ2v) is 23.6. The van der Waals surface area contributed by atoms with Crippen molar-refractivity contribution in [3.8, 4) is 0 Å². The molecule has 0 spiro atoms. The minimum absolute atomic E-state index is 0.00131. The lowest BCUT2D eigenvalue weighted by Gasteiger charge is -2.63. The quantitative estimate of drug-likeness (QED) is 0.0862. The third-order valence-electron chi connectivity index (χ3n) is 19.7. The van der Waals surface area contributed by atoms with Crippen molar-refractivity contribution in [1.82, 2.24) is 0 Å². The summed E-state index contributed by atoms with van der Waals surface area (Å²) in [6, 6.07) is 0. The summed E-state index contributed by atoms with van der Waals surface area (Å²) in [5, 5.41) is 128. The normalized spacial score (nSPS) is 56.1. The second kappa shape index (κ2) is 21.8. The summed E-state index contributed by atoms with van der Waals surface area (Å²) in [7, 11) is 1.67. The Hall–Kier alpha value is -1.14. The first-order valence-electron chi connectivity index (χ1n) is 26.6. The number of aliphatic hydroxyl groups excluding tert-OH is 12. The average molecular weight is 1050 g/mol. The summed E-state index contributed by atoms with van der Waals surface area (Å²) in [5.74, 6) is 0.0777. The highest BCUT2D eigenvalue weighted by Crippen LogP contribution is 2.71. The maximum Gasteiger partial charge on any atom is 0.187 e. The molecule has 73 heavy (non-hydrogen) atoms. The van der Waals surface area contributed by atoms with Crippen molar-refractivity contribution in [3.63, 3.8) is 0 Å². The first-order chi connectivity index (χ1) is 34.5. The molecule has 9 aliphatic rings. The smallest absolute Gasteiger partial charge is 0.187 e. The van der Waals surface area contributed by atoms with Gasteiger partial charge >= 0.3 is 0 Å². The van der Waals surface area contributed by atoms with Crippen LogP contribution in [-0.2, 0) is 47.4 Å². The molecule has 31 atom stereocenters. The van der Waals surface area contributed by atoms with E-state index in [-0.39, 0.29) is 60.7 Å². The molecular weight excluding hydrogens is 965 g/mol. The van der Waals surface area contributed by atoms with E-state index in [1.807, 2.05) is 0 Å². The van der Waals surface area contributed by atoms with Gasteiger partial charge in [-0.25, -0.2) is 0 Å². The summed E-state index contributed by atoms with van der Waals surface area (Å²) in [5.41, 5.74) is 0.0841. The summed E-state index contributed by atoms with van der Waals surface area (Å²) in [6.07, 6.45) is -22.5. The second-order valence-electron chi connectivity index (χ2n) is 23.6. The van der Waals surface area contributed by atoms with Gasteiger partial charge in [-0.3, -0.25) is 0 Å². The van der Waals surface area contributed by atoms with E-state index in [1.165, 1.54) is 6.92 Å². The van der Waals surface area contributed by atoms with Gasteiger partial charge in [0.25, 0.3) is 0 Å². The van der Waals surface area contributed by atoms with Crippen LogP contribution < -0.4 is 0 Å². The molecule has 0 radical (unpaired) electrons. The Morgan fingerprint density at radius 3 is 2.03 bits per heavy atom. The Labute approximate surface area is 426 Å². The van der Waals surface area contributed by atoms with Gasteiger partial charge in [-0.15, -0.1) is 0 Å². The van der Waals surface area contributed by atoms with Crippen LogP contribution in [0, 0.1) is 46.3 Å². The molecule has 22 heteroatoms. The van der Waals surface area contributed by atoms with Gasteiger partial charge in [0.1, 0.15) is 79.4 Å². The third-order valence-corrected chi connectivity index (χ3v) is 19.7. The topological polar surface area (TPSA) is 335 Å². The van der Waals surface area contributed by atoms with Gasteiger partial charge in [-0.2, -0.15) is 0 Å². The molecule has 4 aliphatic carbocycles. The van der Waals surface area contributed by atoms with Gasteiger partial charge in [-0.05, 0) is 99.2 Å². The Morgan fingerprint density at radius 1 is 0.658 bits per heavy atom. The van der Waals surface area contributed by atoms with Crippen LogP contribution in [0.5, 0.6) is 0 Å². The van der Waals surface area contributed by atoms with E-state index in [0.717, 1.165) is 32.1 Å². The van der Waals surface area contributed by atoms with Crippen molar-refractivity contribution in [2.24, 2.45) is 46.3 Å². The monoisotopic (exact) mass is 1050 g/mol. The molecule has 5 saturated heterocycles.